The third-order valence-electron chi connectivity index (χ3n) is 3.42. The van der Waals surface area contributed by atoms with Crippen LogP contribution in [0.15, 0.2) is 54.9 Å². The zero-order valence-corrected chi connectivity index (χ0v) is 13.8. The van der Waals surface area contributed by atoms with Crippen molar-refractivity contribution in [1.82, 2.24) is 9.97 Å². The average Bonchev–Trinajstić information content (AvgIpc) is 2.67. The molecule has 3 aromatic rings. The molecule has 0 aliphatic heterocycles. The number of amides is 1. The third kappa shape index (κ3) is 4.72. The summed E-state index contributed by atoms with van der Waals surface area (Å²) in [6, 6.07) is 10.3. The number of alkyl halides is 2. The Bertz CT molecular complexity index is 981. The summed E-state index contributed by atoms with van der Waals surface area (Å²) >= 11 is 0. The van der Waals surface area contributed by atoms with E-state index in [0.717, 1.165) is 0 Å². The highest BCUT2D eigenvalue weighted by Crippen LogP contribution is 2.25. The van der Waals surface area contributed by atoms with Crippen molar-refractivity contribution in [3.8, 4) is 5.75 Å². The summed E-state index contributed by atoms with van der Waals surface area (Å²) in [6.07, 6.45) is 3.02. The molecule has 0 aliphatic rings. The molecule has 1 heterocycles. The van der Waals surface area contributed by atoms with Crippen molar-refractivity contribution in [2.45, 2.75) is 6.61 Å². The lowest BCUT2D eigenvalue weighted by atomic mass is 10.2. The van der Waals surface area contributed by atoms with Gasteiger partial charge in [0.05, 0.1) is 22.3 Å². The fourth-order valence-electron chi connectivity index (χ4n) is 2.26. The van der Waals surface area contributed by atoms with Gasteiger partial charge in [-0.05, 0) is 30.3 Å². The number of nitrogens with one attached hydrogen (secondary N) is 1. The Morgan fingerprint density at radius 3 is 2.56 bits per heavy atom. The largest absolute Gasteiger partial charge is 0.452 e. The summed E-state index contributed by atoms with van der Waals surface area (Å²) in [7, 11) is 0. The number of ether oxygens (including phenoxy) is 2. The molecule has 0 saturated carbocycles. The Kier molecular flexibility index (Phi) is 5.50. The molecular weight excluding hydrogens is 360 g/mol. The first-order valence-corrected chi connectivity index (χ1v) is 7.74. The maximum Gasteiger partial charge on any atom is 0.387 e. The van der Waals surface area contributed by atoms with Gasteiger partial charge in [-0.25, -0.2) is 4.79 Å². The smallest absolute Gasteiger partial charge is 0.387 e. The van der Waals surface area contributed by atoms with Crippen LogP contribution in [0.3, 0.4) is 0 Å². The van der Waals surface area contributed by atoms with Crippen LogP contribution < -0.4 is 10.1 Å². The lowest BCUT2D eigenvalue weighted by molar-refractivity contribution is -0.119. The first kappa shape index (κ1) is 18.2. The second-order valence-corrected chi connectivity index (χ2v) is 5.26. The Morgan fingerprint density at radius 1 is 1.04 bits per heavy atom. The molecule has 0 bridgehead atoms. The Hall–Kier alpha value is -3.62. The maximum absolute atomic E-state index is 12.4. The Morgan fingerprint density at radius 2 is 1.78 bits per heavy atom. The molecule has 27 heavy (non-hydrogen) atoms. The summed E-state index contributed by atoms with van der Waals surface area (Å²) < 4.78 is 34.0. The average molecular weight is 373 g/mol. The zero-order chi connectivity index (χ0) is 19.2. The van der Waals surface area contributed by atoms with E-state index < -0.39 is 25.1 Å². The van der Waals surface area contributed by atoms with E-state index in [2.05, 4.69) is 20.0 Å². The summed E-state index contributed by atoms with van der Waals surface area (Å²) in [4.78, 5) is 32.2. The number of halogens is 2. The fourth-order valence-corrected chi connectivity index (χ4v) is 2.26. The van der Waals surface area contributed by atoms with Gasteiger partial charge in [-0.3, -0.25) is 14.8 Å². The molecule has 0 saturated heterocycles. The van der Waals surface area contributed by atoms with Gasteiger partial charge in [0.15, 0.2) is 6.61 Å². The summed E-state index contributed by atoms with van der Waals surface area (Å²) in [5.41, 5.74) is 1.37. The van der Waals surface area contributed by atoms with E-state index in [1.807, 2.05) is 0 Å². The number of fused-ring (bicyclic) bond motifs is 1. The lowest BCUT2D eigenvalue weighted by Crippen LogP contribution is -2.21. The van der Waals surface area contributed by atoms with Crippen LogP contribution >= 0.6 is 0 Å². The van der Waals surface area contributed by atoms with Crippen molar-refractivity contribution in [3.05, 3.63) is 60.4 Å². The van der Waals surface area contributed by atoms with Gasteiger partial charge in [-0.15, -0.1) is 0 Å². The number of anilines is 1. The zero-order valence-electron chi connectivity index (χ0n) is 13.8. The molecule has 1 N–H and O–H groups in total. The first-order valence-electron chi connectivity index (χ1n) is 7.74. The van der Waals surface area contributed by atoms with E-state index in [-0.39, 0.29) is 17.0 Å². The van der Waals surface area contributed by atoms with Gasteiger partial charge in [0, 0.05) is 12.4 Å². The number of para-hydroxylation sites is 2. The third-order valence-corrected chi connectivity index (χ3v) is 3.42. The van der Waals surface area contributed by atoms with Crippen LogP contribution in [0.25, 0.3) is 11.0 Å². The van der Waals surface area contributed by atoms with Gasteiger partial charge < -0.3 is 14.8 Å². The highest BCUT2D eigenvalue weighted by molar-refractivity contribution is 5.97. The highest BCUT2D eigenvalue weighted by Gasteiger charge is 2.14. The predicted octanol–water partition coefficient (Wildman–Crippen LogP) is 3.03. The number of carbonyl (C=O) groups excluding carboxylic acids is 2. The van der Waals surface area contributed by atoms with Gasteiger partial charge in [-0.2, -0.15) is 8.78 Å². The molecule has 1 aromatic heterocycles. The summed E-state index contributed by atoms with van der Waals surface area (Å²) in [6.45, 7) is -3.63. The van der Waals surface area contributed by atoms with E-state index in [4.69, 9.17) is 4.74 Å². The quantitative estimate of drug-likeness (QED) is 0.668. The molecule has 0 radical (unpaired) electrons. The molecule has 138 valence electrons. The number of hydrogen-bond acceptors (Lipinski definition) is 6. The first-order chi connectivity index (χ1) is 13.0. The molecule has 0 aliphatic carbocycles. The Labute approximate surface area is 152 Å². The number of rotatable bonds is 6. The SMILES string of the molecule is O=C(COC(=O)c1ccc2nccnc2c1)Nc1ccccc1OC(F)F. The molecule has 0 spiro atoms. The number of nitrogens with zero attached hydrogens (tertiary/aromatic N) is 2. The van der Waals surface area contributed by atoms with Crippen LogP contribution in [-0.4, -0.2) is 35.1 Å². The number of benzene rings is 2. The van der Waals surface area contributed by atoms with Gasteiger partial charge >= 0.3 is 12.6 Å². The van der Waals surface area contributed by atoms with Crippen molar-refractivity contribution in [2.24, 2.45) is 0 Å². The molecule has 2 aromatic carbocycles. The van der Waals surface area contributed by atoms with Crippen molar-refractivity contribution in [3.63, 3.8) is 0 Å². The predicted molar refractivity (Wildman–Crippen MR) is 91.5 cm³/mol. The number of hydrogen-bond donors (Lipinski definition) is 1. The van der Waals surface area contributed by atoms with Gasteiger partial charge in [0.1, 0.15) is 5.75 Å². The summed E-state index contributed by atoms with van der Waals surface area (Å²) in [5.74, 6) is -1.62. The molecule has 0 unspecified atom stereocenters. The van der Waals surface area contributed by atoms with Crippen molar-refractivity contribution >= 4 is 28.6 Å². The Balaban J connectivity index is 1.61. The lowest BCUT2D eigenvalue weighted by Gasteiger charge is -2.11. The maximum atomic E-state index is 12.4. The van der Waals surface area contributed by atoms with Crippen LogP contribution in [0, 0.1) is 0 Å². The molecule has 1 amide bonds. The molecule has 7 nitrogen and oxygen atoms in total. The van der Waals surface area contributed by atoms with Crippen LogP contribution in [-0.2, 0) is 9.53 Å². The summed E-state index contributed by atoms with van der Waals surface area (Å²) in [5, 5.41) is 2.36. The van der Waals surface area contributed by atoms with Crippen LogP contribution in [0.5, 0.6) is 5.75 Å². The van der Waals surface area contributed by atoms with Crippen LogP contribution in [0.4, 0.5) is 14.5 Å². The minimum Gasteiger partial charge on any atom is -0.452 e. The van der Waals surface area contributed by atoms with E-state index in [9.17, 15) is 18.4 Å². The van der Waals surface area contributed by atoms with Crippen molar-refractivity contribution < 1.29 is 27.8 Å². The van der Waals surface area contributed by atoms with E-state index in [1.54, 1.807) is 6.07 Å². The number of esters is 1. The van der Waals surface area contributed by atoms with Crippen molar-refractivity contribution in [1.29, 1.82) is 0 Å². The fraction of sp³-hybridized carbons (Fsp3) is 0.111. The second-order valence-electron chi connectivity index (χ2n) is 5.26. The second kappa shape index (κ2) is 8.17. The molecular formula is C18H13F2N3O4. The minimum absolute atomic E-state index is 0.0415. The van der Waals surface area contributed by atoms with E-state index in [1.165, 1.54) is 48.8 Å². The number of aromatic nitrogens is 2. The normalized spacial score (nSPS) is 10.6. The topological polar surface area (TPSA) is 90.4 Å². The number of carbonyl (C=O) groups is 2. The molecule has 9 heteroatoms. The van der Waals surface area contributed by atoms with E-state index >= 15 is 0 Å². The van der Waals surface area contributed by atoms with E-state index in [0.29, 0.717) is 11.0 Å². The van der Waals surface area contributed by atoms with Gasteiger partial charge in [0.2, 0.25) is 0 Å². The minimum atomic E-state index is -3.03. The monoisotopic (exact) mass is 373 g/mol. The van der Waals surface area contributed by atoms with Gasteiger partial charge in [-0.1, -0.05) is 12.1 Å². The molecule has 3 rings (SSSR count). The molecule has 0 atom stereocenters. The standard InChI is InChI=1S/C18H13F2N3O4/c19-18(20)27-15-4-2-1-3-13(15)23-16(24)10-26-17(25)11-5-6-12-14(9-11)22-8-7-21-12/h1-9,18H,10H2,(H,23,24). The highest BCUT2D eigenvalue weighted by atomic mass is 19.3. The van der Waals surface area contributed by atoms with Gasteiger partial charge in [0.25, 0.3) is 5.91 Å². The van der Waals surface area contributed by atoms with Crippen LogP contribution in [0.2, 0.25) is 0 Å². The van der Waals surface area contributed by atoms with Crippen molar-refractivity contribution in [2.75, 3.05) is 11.9 Å². The molecule has 0 fully saturated rings. The van der Waals surface area contributed by atoms with Crippen LogP contribution in [0.1, 0.15) is 10.4 Å².